The molecule has 3 aromatic carbocycles. The number of carboxylic acid groups (broad SMARTS) is 2. The van der Waals surface area contributed by atoms with Crippen molar-refractivity contribution >= 4 is 41.4 Å². The number of para-hydroxylation sites is 1. The minimum Gasteiger partial charge on any atom is -0.492 e. The number of benzene rings is 3. The number of carboxylic acids is 2. The summed E-state index contributed by atoms with van der Waals surface area (Å²) in [4.78, 5) is 50.9. The van der Waals surface area contributed by atoms with Gasteiger partial charge in [-0.15, -0.1) is 0 Å². The lowest BCUT2D eigenvalue weighted by Gasteiger charge is -2.33. The predicted octanol–water partition coefficient (Wildman–Crippen LogP) is 1.83. The Balaban J connectivity index is 1.37. The maximum Gasteiger partial charge on any atom is 0.334 e. The van der Waals surface area contributed by atoms with E-state index in [0.29, 0.717) is 35.4 Å². The average Bonchev–Trinajstić information content (AvgIpc) is 3.04. The van der Waals surface area contributed by atoms with Crippen molar-refractivity contribution in [3.8, 4) is 23.0 Å². The number of esters is 1. The van der Waals surface area contributed by atoms with Crippen LogP contribution in [0, 0.1) is 10.8 Å². The first-order chi connectivity index (χ1) is 23.5. The van der Waals surface area contributed by atoms with Crippen LogP contribution in [0.3, 0.4) is 0 Å². The second-order valence-electron chi connectivity index (χ2n) is 11.1. The van der Waals surface area contributed by atoms with Crippen LogP contribution in [-0.4, -0.2) is 89.7 Å². The van der Waals surface area contributed by atoms with Gasteiger partial charge in [0.2, 0.25) is 5.90 Å². The third-order valence-corrected chi connectivity index (χ3v) is 7.59. The lowest BCUT2D eigenvalue weighted by molar-refractivity contribution is -0.144. The fraction of sp³-hybridized carbons (Fsp3) is 0.273. The molecular formula is C33H34N6O10. The molecule has 0 bridgehead atoms. The van der Waals surface area contributed by atoms with E-state index in [1.807, 2.05) is 0 Å². The number of nitrogens with zero attached hydrogens (tertiary/aromatic N) is 1. The van der Waals surface area contributed by atoms with E-state index in [2.05, 4.69) is 10.6 Å². The zero-order valence-corrected chi connectivity index (χ0v) is 26.1. The van der Waals surface area contributed by atoms with Gasteiger partial charge in [0.25, 0.3) is 5.91 Å². The first-order valence-electron chi connectivity index (χ1n) is 15.2. The number of nitrogens with one attached hydrogen (secondary N) is 4. The van der Waals surface area contributed by atoms with Crippen molar-refractivity contribution in [3.05, 3.63) is 76.9 Å². The summed E-state index contributed by atoms with van der Waals surface area (Å²) in [5.74, 6) is -3.86. The molecule has 8 N–H and O–H groups in total. The van der Waals surface area contributed by atoms with Gasteiger partial charge >= 0.3 is 17.9 Å². The normalized spacial score (nSPS) is 15.1. The van der Waals surface area contributed by atoms with Gasteiger partial charge in [0.05, 0.1) is 18.7 Å². The Morgan fingerprint density at radius 1 is 1.02 bits per heavy atom. The van der Waals surface area contributed by atoms with Crippen molar-refractivity contribution in [3.63, 3.8) is 0 Å². The van der Waals surface area contributed by atoms with Gasteiger partial charge in [-0.2, -0.15) is 0 Å². The average molecular weight is 675 g/mol. The number of guanidine groups is 1. The molecule has 3 aromatic rings. The van der Waals surface area contributed by atoms with Crippen LogP contribution in [0.5, 0.6) is 23.0 Å². The molecule has 0 radical (unpaired) electrons. The van der Waals surface area contributed by atoms with Gasteiger partial charge in [-0.05, 0) is 60.4 Å². The zero-order valence-electron chi connectivity index (χ0n) is 26.1. The van der Waals surface area contributed by atoms with Crippen molar-refractivity contribution in [2.45, 2.75) is 25.3 Å². The molecule has 0 aliphatic carbocycles. The molecule has 0 saturated carbocycles. The molecule has 0 unspecified atom stereocenters. The summed E-state index contributed by atoms with van der Waals surface area (Å²) in [6, 6.07) is 13.0. The molecule has 2 heterocycles. The summed E-state index contributed by atoms with van der Waals surface area (Å²) in [7, 11) is 0. The molecule has 16 nitrogen and oxygen atoms in total. The lowest BCUT2D eigenvalue weighted by atomic mass is 9.99. The van der Waals surface area contributed by atoms with Crippen LogP contribution in [0.15, 0.2) is 54.6 Å². The largest absolute Gasteiger partial charge is 0.492 e. The van der Waals surface area contributed by atoms with E-state index in [0.717, 1.165) is 10.5 Å². The number of hydrogen-bond donors (Lipinski definition) is 7. The van der Waals surface area contributed by atoms with Crippen molar-refractivity contribution in [2.24, 2.45) is 5.73 Å². The molecule has 2 aliphatic rings. The van der Waals surface area contributed by atoms with E-state index in [4.69, 9.17) is 40.6 Å². The molecule has 256 valence electrons. The number of hydrogen-bond acceptors (Lipinski definition) is 11. The summed E-state index contributed by atoms with van der Waals surface area (Å²) in [6.07, 6.45) is 0.898. The first-order valence-corrected chi connectivity index (χ1v) is 15.2. The Morgan fingerprint density at radius 3 is 2.59 bits per heavy atom. The van der Waals surface area contributed by atoms with Crippen molar-refractivity contribution in [1.82, 2.24) is 10.2 Å². The Bertz CT molecular complexity index is 1810. The number of aliphatic carboxylic acids is 2. The van der Waals surface area contributed by atoms with Gasteiger partial charge in [-0.3, -0.25) is 25.2 Å². The zero-order chi connectivity index (χ0) is 35.1. The lowest BCUT2D eigenvalue weighted by Crippen LogP contribution is -2.51. The number of carbonyl (C=O) groups excluding carboxylic acids is 2. The van der Waals surface area contributed by atoms with E-state index < -0.39 is 36.4 Å². The molecule has 1 atom stereocenters. The fourth-order valence-corrected chi connectivity index (χ4v) is 5.42. The molecular weight excluding hydrogens is 640 g/mol. The first kappa shape index (κ1) is 34.2. The molecule has 2 aliphatic heterocycles. The minimum absolute atomic E-state index is 0.00447. The molecule has 16 heteroatoms. The number of aryl methyl sites for hydroxylation is 1. The van der Waals surface area contributed by atoms with Gasteiger partial charge in [0.15, 0.2) is 17.5 Å². The highest BCUT2D eigenvalue weighted by Crippen LogP contribution is 2.36. The summed E-state index contributed by atoms with van der Waals surface area (Å²) in [6.45, 7) is -0.477. The topological polar surface area (TPSA) is 247 Å². The standard InChI is InChI=1S/C33H34N6O10/c34-30-22-9-7-20(38-33(35)36)13-18(22)3-2-11-47-29-23(4-1-5-25(29)48-30)31(44)39(17-28(42)43)24-14-19-6-8-21(15-26(19)49-32(24)45)46-12-10-37-16-27(40)41/h1,4-9,13,15,24,34,37H,2-3,10-12,14,16-17H2,(H,40,41)(H,42,43)(H4,35,36,38)/t24-/m0/s1. The number of amides is 1. The van der Waals surface area contributed by atoms with Crippen LogP contribution in [0.4, 0.5) is 5.69 Å². The van der Waals surface area contributed by atoms with E-state index in [9.17, 15) is 24.3 Å². The summed E-state index contributed by atoms with van der Waals surface area (Å²) >= 11 is 0. The van der Waals surface area contributed by atoms with Crippen molar-refractivity contribution in [2.75, 3.05) is 38.2 Å². The Morgan fingerprint density at radius 2 is 1.84 bits per heavy atom. The number of nitrogens with two attached hydrogens (primary N) is 1. The van der Waals surface area contributed by atoms with E-state index >= 15 is 0 Å². The van der Waals surface area contributed by atoms with Gasteiger partial charge in [-0.1, -0.05) is 12.1 Å². The second-order valence-corrected chi connectivity index (χ2v) is 11.1. The maximum absolute atomic E-state index is 14.1. The number of ether oxygens (including phenoxy) is 4. The third-order valence-electron chi connectivity index (χ3n) is 7.59. The van der Waals surface area contributed by atoms with E-state index in [1.54, 1.807) is 30.3 Å². The number of rotatable bonds is 11. The van der Waals surface area contributed by atoms with Gasteiger partial charge in [0, 0.05) is 30.3 Å². The van der Waals surface area contributed by atoms with E-state index in [-0.39, 0.29) is 67.4 Å². The number of anilines is 1. The molecule has 5 rings (SSSR count). The number of fused-ring (bicyclic) bond motifs is 3. The minimum atomic E-state index is -1.35. The SMILES string of the molecule is N=C(N)Nc1ccc2c(c1)CCCOc1c(cccc1C(=O)N(CC(=O)O)[C@H]1Cc3ccc(OCCNCC(=O)O)cc3OC1=O)OC2=N. The highest BCUT2D eigenvalue weighted by Gasteiger charge is 2.39. The predicted molar refractivity (Wildman–Crippen MR) is 174 cm³/mol. The third kappa shape index (κ3) is 8.41. The summed E-state index contributed by atoms with van der Waals surface area (Å²) in [5.41, 5.74) is 7.74. The quantitative estimate of drug-likeness (QED) is 0.0505. The number of carbonyl (C=O) groups is 4. The Labute approximate surface area is 279 Å². The molecule has 0 saturated heterocycles. The Kier molecular flexibility index (Phi) is 10.6. The van der Waals surface area contributed by atoms with E-state index in [1.165, 1.54) is 24.3 Å². The molecule has 0 spiro atoms. The van der Waals surface area contributed by atoms with Crippen LogP contribution >= 0.6 is 0 Å². The van der Waals surface area contributed by atoms with Crippen molar-refractivity contribution in [1.29, 1.82) is 10.8 Å². The fourth-order valence-electron chi connectivity index (χ4n) is 5.42. The second kappa shape index (κ2) is 15.2. The van der Waals surface area contributed by atoms with Crippen LogP contribution in [-0.2, 0) is 27.2 Å². The molecule has 0 fully saturated rings. The summed E-state index contributed by atoms with van der Waals surface area (Å²) < 4.78 is 23.1. The van der Waals surface area contributed by atoms with Gasteiger partial charge in [0.1, 0.15) is 30.7 Å². The monoisotopic (exact) mass is 674 g/mol. The Hall–Kier alpha value is -6.16. The summed E-state index contributed by atoms with van der Waals surface area (Å²) in [5, 5.41) is 40.1. The van der Waals surface area contributed by atoms with Crippen LogP contribution < -0.4 is 35.3 Å². The van der Waals surface area contributed by atoms with Crippen molar-refractivity contribution < 1.29 is 48.3 Å². The smallest absolute Gasteiger partial charge is 0.334 e. The molecule has 0 aromatic heterocycles. The van der Waals surface area contributed by atoms with Crippen LogP contribution in [0.1, 0.15) is 33.5 Å². The van der Waals surface area contributed by atoms with Crippen LogP contribution in [0.25, 0.3) is 0 Å². The van der Waals surface area contributed by atoms with Crippen LogP contribution in [0.2, 0.25) is 0 Å². The highest BCUT2D eigenvalue weighted by atomic mass is 16.5. The highest BCUT2D eigenvalue weighted by molar-refractivity contribution is 6.02. The van der Waals surface area contributed by atoms with Gasteiger partial charge < -0.3 is 50.4 Å². The van der Waals surface area contributed by atoms with Gasteiger partial charge in [-0.25, -0.2) is 4.79 Å². The molecule has 1 amide bonds. The molecule has 49 heavy (non-hydrogen) atoms. The maximum atomic E-state index is 14.1.